The molecule has 0 radical (unpaired) electrons. The highest BCUT2D eigenvalue weighted by Gasteiger charge is 2.78. The van der Waals surface area contributed by atoms with Crippen molar-refractivity contribution in [3.8, 4) is 11.4 Å². The number of piperidine rings is 1. The van der Waals surface area contributed by atoms with Gasteiger partial charge in [0.15, 0.2) is 0 Å². The maximum absolute atomic E-state index is 14.3. The van der Waals surface area contributed by atoms with Gasteiger partial charge in [-0.15, -0.1) is 0 Å². The molecule has 1 spiro atoms. The highest BCUT2D eigenvalue weighted by Crippen LogP contribution is 2.70. The van der Waals surface area contributed by atoms with E-state index >= 15 is 0 Å². The molecule has 3 aromatic rings. The molecule has 1 aromatic carbocycles. The van der Waals surface area contributed by atoms with Crippen LogP contribution < -0.4 is 10.2 Å². The molecule has 1 saturated carbocycles. The van der Waals surface area contributed by atoms with Gasteiger partial charge in [0.2, 0.25) is 5.91 Å². The summed E-state index contributed by atoms with van der Waals surface area (Å²) in [6, 6.07) is 8.08. The van der Waals surface area contributed by atoms with E-state index in [2.05, 4.69) is 20.5 Å². The molecule has 7 rings (SSSR count). The number of benzene rings is 1. The molecule has 4 heterocycles. The Hall–Kier alpha value is -2.74. The van der Waals surface area contributed by atoms with Gasteiger partial charge in [0.05, 0.1) is 11.1 Å². The number of nitrogens with zero attached hydrogens (tertiary/aromatic N) is 2. The van der Waals surface area contributed by atoms with Crippen molar-refractivity contribution in [2.45, 2.75) is 45.0 Å². The van der Waals surface area contributed by atoms with Crippen LogP contribution in [0.25, 0.3) is 22.3 Å². The van der Waals surface area contributed by atoms with Crippen molar-refractivity contribution in [2.75, 3.05) is 24.5 Å². The van der Waals surface area contributed by atoms with Crippen LogP contribution in [-0.4, -0.2) is 46.6 Å². The van der Waals surface area contributed by atoms with Gasteiger partial charge in [0, 0.05) is 52.1 Å². The van der Waals surface area contributed by atoms with E-state index in [-0.39, 0.29) is 11.3 Å². The second-order valence-electron chi connectivity index (χ2n) is 10.7. The van der Waals surface area contributed by atoms with Gasteiger partial charge in [0.25, 0.3) is 5.92 Å². The smallest absolute Gasteiger partial charge is 0.258 e. The first-order valence-corrected chi connectivity index (χ1v) is 11.9. The fourth-order valence-electron chi connectivity index (χ4n) is 6.68. The summed E-state index contributed by atoms with van der Waals surface area (Å²) in [6.07, 6.45) is 3.41. The van der Waals surface area contributed by atoms with Gasteiger partial charge in [-0.25, -0.2) is 8.78 Å². The predicted octanol–water partition coefficient (Wildman–Crippen LogP) is 4.03. The molecule has 3 fully saturated rings. The third-order valence-corrected chi connectivity index (χ3v) is 9.04. The number of carbonyl (C=O) groups is 1. The second kappa shape index (κ2) is 6.23. The van der Waals surface area contributed by atoms with Gasteiger partial charge < -0.3 is 15.2 Å². The number of hydrogen-bond acceptors (Lipinski definition) is 3. The van der Waals surface area contributed by atoms with Gasteiger partial charge in [0.1, 0.15) is 5.69 Å². The molecule has 33 heavy (non-hydrogen) atoms. The summed E-state index contributed by atoms with van der Waals surface area (Å²) in [5.74, 6) is -2.97. The van der Waals surface area contributed by atoms with Crippen LogP contribution in [0.4, 0.5) is 14.5 Å². The minimum atomic E-state index is -2.60. The van der Waals surface area contributed by atoms with E-state index in [9.17, 15) is 13.6 Å². The standard InChI is InChI=1S/C25H27F2N5O/c1-23-13-19-16(12-20(23)25(23,26)27)21(31-30-19)18-10-14-2-3-15(11-17(14)29-18)32-9-6-24(22(32)33)4-7-28-8-5-24/h2-3,10-11,20,28-29H,4-9,12-13H2,1H3,(H,30,31)/t20-,23+/m0/s1. The summed E-state index contributed by atoms with van der Waals surface area (Å²) in [5, 5.41) is 11.9. The van der Waals surface area contributed by atoms with Gasteiger partial charge in [-0.05, 0) is 57.0 Å². The lowest BCUT2D eigenvalue weighted by molar-refractivity contribution is -0.126. The van der Waals surface area contributed by atoms with E-state index < -0.39 is 17.3 Å². The van der Waals surface area contributed by atoms with Gasteiger partial charge in [-0.1, -0.05) is 13.0 Å². The molecule has 4 aliphatic rings. The Morgan fingerprint density at radius 3 is 2.79 bits per heavy atom. The van der Waals surface area contributed by atoms with Gasteiger partial charge >= 0.3 is 0 Å². The molecule has 2 aliphatic carbocycles. The Morgan fingerprint density at radius 1 is 1.15 bits per heavy atom. The van der Waals surface area contributed by atoms with Gasteiger partial charge in [-0.3, -0.25) is 9.89 Å². The minimum Gasteiger partial charge on any atom is -0.353 e. The molecule has 8 heteroatoms. The maximum atomic E-state index is 14.3. The van der Waals surface area contributed by atoms with E-state index in [4.69, 9.17) is 0 Å². The quantitative estimate of drug-likeness (QED) is 0.551. The van der Waals surface area contributed by atoms with Crippen LogP contribution in [-0.2, 0) is 17.6 Å². The number of anilines is 1. The number of aromatic amines is 2. The highest BCUT2D eigenvalue weighted by atomic mass is 19.3. The summed E-state index contributed by atoms with van der Waals surface area (Å²) < 4.78 is 28.6. The zero-order valence-corrected chi connectivity index (χ0v) is 18.6. The summed E-state index contributed by atoms with van der Waals surface area (Å²) in [5.41, 5.74) is 3.98. The summed E-state index contributed by atoms with van der Waals surface area (Å²) in [6.45, 7) is 4.23. The van der Waals surface area contributed by atoms with E-state index in [1.165, 1.54) is 0 Å². The first-order valence-electron chi connectivity index (χ1n) is 11.9. The molecular weight excluding hydrogens is 424 g/mol. The lowest BCUT2D eigenvalue weighted by atomic mass is 9.78. The molecular formula is C25H27F2N5O. The molecule has 2 saturated heterocycles. The van der Waals surface area contributed by atoms with Crippen LogP contribution in [0.3, 0.4) is 0 Å². The van der Waals surface area contributed by atoms with Crippen LogP contribution in [0, 0.1) is 16.7 Å². The van der Waals surface area contributed by atoms with Crippen LogP contribution in [0.1, 0.15) is 37.4 Å². The summed E-state index contributed by atoms with van der Waals surface area (Å²) in [7, 11) is 0. The van der Waals surface area contributed by atoms with E-state index in [1.807, 2.05) is 29.2 Å². The third-order valence-electron chi connectivity index (χ3n) is 9.04. The molecule has 0 bridgehead atoms. The van der Waals surface area contributed by atoms with E-state index in [0.717, 1.165) is 78.1 Å². The predicted molar refractivity (Wildman–Crippen MR) is 121 cm³/mol. The lowest BCUT2D eigenvalue weighted by Gasteiger charge is -2.32. The third kappa shape index (κ3) is 2.50. The molecule has 172 valence electrons. The fraction of sp³-hybridized carbons (Fsp3) is 0.520. The van der Waals surface area contributed by atoms with Crippen molar-refractivity contribution >= 4 is 22.5 Å². The Bertz CT molecular complexity index is 1300. The lowest BCUT2D eigenvalue weighted by Crippen LogP contribution is -2.42. The second-order valence-corrected chi connectivity index (χ2v) is 10.7. The van der Waals surface area contributed by atoms with Crippen LogP contribution >= 0.6 is 0 Å². The van der Waals surface area contributed by atoms with Crippen molar-refractivity contribution in [3.05, 3.63) is 35.5 Å². The Kier molecular flexibility index (Phi) is 3.72. The molecule has 6 nitrogen and oxygen atoms in total. The number of rotatable bonds is 2. The number of fused-ring (bicyclic) bond motifs is 3. The van der Waals surface area contributed by atoms with Crippen LogP contribution in [0.15, 0.2) is 24.3 Å². The van der Waals surface area contributed by atoms with Crippen LogP contribution in [0.2, 0.25) is 0 Å². The number of halogens is 2. The average Bonchev–Trinajstić information content (AvgIpc) is 3.30. The monoisotopic (exact) mass is 451 g/mol. The van der Waals surface area contributed by atoms with E-state index in [1.54, 1.807) is 6.92 Å². The Balaban J connectivity index is 1.20. The first-order chi connectivity index (χ1) is 15.8. The molecule has 0 unspecified atom stereocenters. The van der Waals surface area contributed by atoms with E-state index in [0.29, 0.717) is 12.8 Å². The number of aromatic nitrogens is 3. The minimum absolute atomic E-state index is 0.214. The fourth-order valence-corrected chi connectivity index (χ4v) is 6.68. The number of carbonyl (C=O) groups excluding carboxylic acids is 1. The number of hydrogen-bond donors (Lipinski definition) is 3. The normalized spacial score (nSPS) is 29.5. The van der Waals surface area contributed by atoms with Gasteiger partial charge in [-0.2, -0.15) is 5.10 Å². The Morgan fingerprint density at radius 2 is 1.97 bits per heavy atom. The zero-order valence-electron chi connectivity index (χ0n) is 18.6. The molecule has 3 N–H and O–H groups in total. The molecule has 2 aliphatic heterocycles. The van der Waals surface area contributed by atoms with Crippen molar-refractivity contribution in [1.82, 2.24) is 20.5 Å². The Labute approximate surface area is 190 Å². The summed E-state index contributed by atoms with van der Waals surface area (Å²) in [4.78, 5) is 18.7. The molecule has 2 atom stereocenters. The maximum Gasteiger partial charge on any atom is 0.258 e. The van der Waals surface area contributed by atoms with Crippen molar-refractivity contribution in [1.29, 1.82) is 0 Å². The SMILES string of the molecule is C[C@@]12Cc3[nH]nc(-c4cc5ccc(N6CCC7(CCNCC7)C6=O)cc5[nH]4)c3C[C@@H]1C2(F)F. The topological polar surface area (TPSA) is 76.8 Å². The molecule has 1 amide bonds. The largest absolute Gasteiger partial charge is 0.353 e. The number of alkyl halides is 2. The zero-order chi connectivity index (χ0) is 22.6. The number of H-pyrrole nitrogens is 2. The molecule has 2 aromatic heterocycles. The van der Waals surface area contributed by atoms with Crippen LogP contribution in [0.5, 0.6) is 0 Å². The number of amides is 1. The summed E-state index contributed by atoms with van der Waals surface area (Å²) >= 11 is 0. The average molecular weight is 452 g/mol. The number of nitrogens with one attached hydrogen (secondary N) is 3. The highest BCUT2D eigenvalue weighted by molar-refractivity contribution is 6.01. The van der Waals surface area contributed by atoms with Crippen molar-refractivity contribution in [3.63, 3.8) is 0 Å². The van der Waals surface area contributed by atoms with Crippen molar-refractivity contribution < 1.29 is 13.6 Å². The van der Waals surface area contributed by atoms with Crippen molar-refractivity contribution in [2.24, 2.45) is 16.7 Å². The first kappa shape index (κ1) is 19.7.